The second-order valence-electron chi connectivity index (χ2n) is 6.75. The van der Waals surface area contributed by atoms with Crippen LogP contribution in [0.2, 0.25) is 0 Å². The van der Waals surface area contributed by atoms with Crippen LogP contribution in [0.4, 0.5) is 13.2 Å². The Morgan fingerprint density at radius 1 is 1.23 bits per heavy atom. The first-order valence-electron chi connectivity index (χ1n) is 9.20. The van der Waals surface area contributed by atoms with Gasteiger partial charge in [-0.25, -0.2) is 19.4 Å². The zero-order chi connectivity index (χ0) is 22.6. The van der Waals surface area contributed by atoms with E-state index in [0.29, 0.717) is 18.9 Å². The molecule has 0 bridgehead atoms. The van der Waals surface area contributed by atoms with Gasteiger partial charge >= 0.3 is 12.1 Å². The van der Waals surface area contributed by atoms with Crippen molar-refractivity contribution in [2.45, 2.75) is 32.6 Å². The van der Waals surface area contributed by atoms with E-state index in [9.17, 15) is 18.0 Å². The molecule has 1 amide bonds. The SMILES string of the molecule is Cc1nc2c([nH]1)CN(C(=O)Cn1cnc(-c3ccccc3)n1)CC2.O=C(O)C(F)(F)F. The number of carboxylic acids is 1. The van der Waals surface area contributed by atoms with Crippen molar-refractivity contribution >= 4 is 11.9 Å². The molecule has 0 radical (unpaired) electrons. The molecule has 2 aromatic heterocycles. The molecule has 164 valence electrons. The van der Waals surface area contributed by atoms with E-state index in [1.807, 2.05) is 42.2 Å². The maximum atomic E-state index is 12.5. The fourth-order valence-corrected chi connectivity index (χ4v) is 2.98. The molecule has 9 nitrogen and oxygen atoms in total. The quantitative estimate of drug-likeness (QED) is 0.650. The summed E-state index contributed by atoms with van der Waals surface area (Å²) in [7, 11) is 0. The van der Waals surface area contributed by atoms with Crippen molar-refractivity contribution in [3.8, 4) is 11.4 Å². The van der Waals surface area contributed by atoms with E-state index >= 15 is 0 Å². The Morgan fingerprint density at radius 3 is 2.55 bits per heavy atom. The van der Waals surface area contributed by atoms with Crippen molar-refractivity contribution in [2.75, 3.05) is 6.54 Å². The second kappa shape index (κ2) is 8.98. The van der Waals surface area contributed by atoms with Crippen molar-refractivity contribution in [2.24, 2.45) is 0 Å². The Kier molecular flexibility index (Phi) is 6.37. The molecule has 0 atom stereocenters. The van der Waals surface area contributed by atoms with Crippen LogP contribution in [0.25, 0.3) is 11.4 Å². The van der Waals surface area contributed by atoms with Gasteiger partial charge in [-0.3, -0.25) is 4.79 Å². The van der Waals surface area contributed by atoms with E-state index < -0.39 is 12.1 Å². The van der Waals surface area contributed by atoms with Crippen LogP contribution in [-0.2, 0) is 29.1 Å². The molecule has 0 unspecified atom stereocenters. The third-order valence-corrected chi connectivity index (χ3v) is 4.41. The summed E-state index contributed by atoms with van der Waals surface area (Å²) in [4.78, 5) is 35.2. The molecule has 3 aromatic rings. The van der Waals surface area contributed by atoms with Crippen LogP contribution >= 0.6 is 0 Å². The number of fused-ring (bicyclic) bond motifs is 1. The summed E-state index contributed by atoms with van der Waals surface area (Å²) in [5.74, 6) is -1.18. The number of carboxylic acid groups (broad SMARTS) is 1. The number of amides is 1. The fourth-order valence-electron chi connectivity index (χ4n) is 2.98. The lowest BCUT2D eigenvalue weighted by atomic mass is 10.1. The minimum Gasteiger partial charge on any atom is -0.475 e. The van der Waals surface area contributed by atoms with Crippen LogP contribution in [0.15, 0.2) is 36.7 Å². The molecular formula is C19H19F3N6O3. The molecular weight excluding hydrogens is 417 g/mol. The summed E-state index contributed by atoms with van der Waals surface area (Å²) in [6.45, 7) is 3.40. The average Bonchev–Trinajstić information content (AvgIpc) is 3.33. The topological polar surface area (TPSA) is 117 Å². The van der Waals surface area contributed by atoms with E-state index in [1.165, 1.54) is 0 Å². The van der Waals surface area contributed by atoms with Crippen molar-refractivity contribution < 1.29 is 27.9 Å². The maximum absolute atomic E-state index is 12.5. The first kappa shape index (κ1) is 22.0. The van der Waals surface area contributed by atoms with Crippen molar-refractivity contribution in [3.63, 3.8) is 0 Å². The van der Waals surface area contributed by atoms with Gasteiger partial charge in [0, 0.05) is 18.5 Å². The maximum Gasteiger partial charge on any atom is 0.490 e. The number of aryl methyl sites for hydroxylation is 1. The van der Waals surface area contributed by atoms with Gasteiger partial charge < -0.3 is 15.0 Å². The molecule has 1 aromatic carbocycles. The second-order valence-corrected chi connectivity index (χ2v) is 6.75. The Bertz CT molecular complexity index is 1060. The Hall–Kier alpha value is -3.70. The normalized spacial score (nSPS) is 13.2. The summed E-state index contributed by atoms with van der Waals surface area (Å²) in [5, 5.41) is 11.5. The highest BCUT2D eigenvalue weighted by Gasteiger charge is 2.38. The monoisotopic (exact) mass is 436 g/mol. The van der Waals surface area contributed by atoms with Crippen molar-refractivity contribution in [1.29, 1.82) is 0 Å². The lowest BCUT2D eigenvalue weighted by Gasteiger charge is -2.26. The van der Waals surface area contributed by atoms with Gasteiger partial charge in [0.05, 0.1) is 17.9 Å². The summed E-state index contributed by atoms with van der Waals surface area (Å²) in [6, 6.07) is 9.74. The first-order chi connectivity index (χ1) is 14.6. The number of benzene rings is 1. The largest absolute Gasteiger partial charge is 0.490 e. The van der Waals surface area contributed by atoms with E-state index in [4.69, 9.17) is 9.90 Å². The number of aliphatic carboxylic acids is 1. The molecule has 3 heterocycles. The molecule has 0 aliphatic carbocycles. The molecule has 1 aliphatic rings. The number of nitrogens with zero attached hydrogens (tertiary/aromatic N) is 5. The lowest BCUT2D eigenvalue weighted by molar-refractivity contribution is -0.192. The molecule has 4 rings (SSSR count). The molecule has 12 heteroatoms. The molecule has 1 aliphatic heterocycles. The van der Waals surface area contributed by atoms with E-state index in [2.05, 4.69) is 20.1 Å². The number of carbonyl (C=O) groups is 2. The summed E-state index contributed by atoms with van der Waals surface area (Å²) in [6.07, 6.45) is -2.69. The number of hydrogen-bond acceptors (Lipinski definition) is 5. The standard InChI is InChI=1S/C17H18N6O.C2HF3O2/c1-12-19-14-7-8-22(9-15(14)20-12)16(24)10-23-11-18-17(21-23)13-5-3-2-4-6-13;3-2(4,5)1(6)7/h2-6,11H,7-10H2,1H3,(H,19,20);(H,6,7). The van der Waals surface area contributed by atoms with Crippen molar-refractivity contribution in [3.05, 3.63) is 53.9 Å². The van der Waals surface area contributed by atoms with Crippen LogP contribution in [0.1, 0.15) is 17.2 Å². The number of hydrogen-bond donors (Lipinski definition) is 2. The molecule has 0 fully saturated rings. The highest BCUT2D eigenvalue weighted by molar-refractivity contribution is 5.76. The average molecular weight is 436 g/mol. The molecule has 0 saturated heterocycles. The number of aromatic nitrogens is 5. The molecule has 0 spiro atoms. The summed E-state index contributed by atoms with van der Waals surface area (Å²) >= 11 is 0. The Labute approximate surface area is 174 Å². The Balaban J connectivity index is 0.000000339. The Morgan fingerprint density at radius 2 is 1.90 bits per heavy atom. The number of imidazole rings is 1. The van der Waals surface area contributed by atoms with E-state index in [1.54, 1.807) is 11.0 Å². The summed E-state index contributed by atoms with van der Waals surface area (Å²) < 4.78 is 33.3. The lowest BCUT2D eigenvalue weighted by Crippen LogP contribution is -2.38. The number of H-pyrrole nitrogens is 1. The predicted molar refractivity (Wildman–Crippen MR) is 102 cm³/mol. The van der Waals surface area contributed by atoms with Crippen LogP contribution in [0, 0.1) is 6.92 Å². The first-order valence-corrected chi connectivity index (χ1v) is 9.20. The third kappa shape index (κ3) is 5.68. The third-order valence-electron chi connectivity index (χ3n) is 4.41. The smallest absolute Gasteiger partial charge is 0.475 e. The van der Waals surface area contributed by atoms with Gasteiger partial charge in [-0.05, 0) is 6.92 Å². The molecule has 2 N–H and O–H groups in total. The minimum atomic E-state index is -5.08. The van der Waals surface area contributed by atoms with Gasteiger partial charge in [0.25, 0.3) is 0 Å². The van der Waals surface area contributed by atoms with Gasteiger partial charge in [-0.15, -0.1) is 0 Å². The van der Waals surface area contributed by atoms with Crippen LogP contribution < -0.4 is 0 Å². The zero-order valence-corrected chi connectivity index (χ0v) is 16.4. The van der Waals surface area contributed by atoms with Gasteiger partial charge in [-0.2, -0.15) is 18.3 Å². The number of rotatable bonds is 3. The molecule has 0 saturated carbocycles. The number of carbonyl (C=O) groups excluding carboxylic acids is 1. The number of alkyl halides is 3. The van der Waals surface area contributed by atoms with Crippen LogP contribution in [0.5, 0.6) is 0 Å². The van der Waals surface area contributed by atoms with Crippen molar-refractivity contribution in [1.82, 2.24) is 29.6 Å². The highest BCUT2D eigenvalue weighted by atomic mass is 19.4. The summed E-state index contributed by atoms with van der Waals surface area (Å²) in [5.41, 5.74) is 3.05. The van der Waals surface area contributed by atoms with E-state index in [-0.39, 0.29) is 12.5 Å². The molecule has 31 heavy (non-hydrogen) atoms. The van der Waals surface area contributed by atoms with E-state index in [0.717, 1.165) is 29.2 Å². The fraction of sp³-hybridized carbons (Fsp3) is 0.316. The van der Waals surface area contributed by atoms with Gasteiger partial charge in [0.2, 0.25) is 5.91 Å². The van der Waals surface area contributed by atoms with Crippen LogP contribution in [0.3, 0.4) is 0 Å². The number of aromatic amines is 1. The van der Waals surface area contributed by atoms with Gasteiger partial charge in [0.1, 0.15) is 18.7 Å². The van der Waals surface area contributed by atoms with Crippen LogP contribution in [-0.4, -0.2) is 59.3 Å². The minimum absolute atomic E-state index is 0.0393. The number of nitrogens with one attached hydrogen (secondary N) is 1. The predicted octanol–water partition coefficient (Wildman–Crippen LogP) is 2.19. The van der Waals surface area contributed by atoms with Gasteiger partial charge in [0.15, 0.2) is 5.82 Å². The zero-order valence-electron chi connectivity index (χ0n) is 16.4. The number of halogens is 3. The highest BCUT2D eigenvalue weighted by Crippen LogP contribution is 2.17. The van der Waals surface area contributed by atoms with Gasteiger partial charge in [-0.1, -0.05) is 30.3 Å².